The van der Waals surface area contributed by atoms with Crippen LogP contribution in [0.5, 0.6) is 5.75 Å². The predicted octanol–water partition coefficient (Wildman–Crippen LogP) is 2.95. The molecule has 20 heavy (non-hydrogen) atoms. The summed E-state index contributed by atoms with van der Waals surface area (Å²) in [5.74, 6) is 1.72. The molecule has 2 rings (SSSR count). The van der Waals surface area contributed by atoms with Gasteiger partial charge in [0, 0.05) is 24.3 Å². The molecule has 1 aromatic heterocycles. The Morgan fingerprint density at radius 3 is 2.75 bits per heavy atom. The van der Waals surface area contributed by atoms with E-state index in [4.69, 9.17) is 4.74 Å². The van der Waals surface area contributed by atoms with Crippen LogP contribution < -0.4 is 10.1 Å². The van der Waals surface area contributed by atoms with Crippen molar-refractivity contribution < 1.29 is 4.74 Å². The van der Waals surface area contributed by atoms with Gasteiger partial charge in [-0.2, -0.15) is 0 Å². The number of methoxy groups -OCH3 is 1. The van der Waals surface area contributed by atoms with E-state index in [0.29, 0.717) is 6.54 Å². The molecule has 0 saturated heterocycles. The molecule has 106 valence electrons. The zero-order valence-electron chi connectivity index (χ0n) is 12.5. The number of nitrogens with zero attached hydrogens (tertiary/aromatic N) is 2. The Morgan fingerprint density at radius 2 is 2.05 bits per heavy atom. The van der Waals surface area contributed by atoms with Gasteiger partial charge in [0.1, 0.15) is 11.6 Å². The quantitative estimate of drug-likeness (QED) is 0.908. The van der Waals surface area contributed by atoms with Gasteiger partial charge >= 0.3 is 0 Å². The summed E-state index contributed by atoms with van der Waals surface area (Å²) in [5.41, 5.74) is 3.35. The number of aromatic nitrogens is 2. The van der Waals surface area contributed by atoms with Crippen LogP contribution in [0.2, 0.25) is 0 Å². The van der Waals surface area contributed by atoms with E-state index >= 15 is 0 Å². The van der Waals surface area contributed by atoms with E-state index in [1.165, 1.54) is 5.56 Å². The molecule has 1 aromatic carbocycles. The number of ether oxygens (including phenoxy) is 1. The normalized spacial score (nSPS) is 12.2. The van der Waals surface area contributed by atoms with E-state index in [9.17, 15) is 0 Å². The summed E-state index contributed by atoms with van der Waals surface area (Å²) in [5, 5.41) is 3.47. The minimum atomic E-state index is 0.195. The molecule has 0 saturated carbocycles. The van der Waals surface area contributed by atoms with Crippen molar-refractivity contribution in [3.63, 3.8) is 0 Å². The molecule has 1 heterocycles. The van der Waals surface area contributed by atoms with E-state index in [1.54, 1.807) is 13.3 Å². The Balaban J connectivity index is 2.07. The van der Waals surface area contributed by atoms with Crippen LogP contribution in [0.15, 0.2) is 30.5 Å². The van der Waals surface area contributed by atoms with Crippen molar-refractivity contribution in [2.45, 2.75) is 33.4 Å². The first-order chi connectivity index (χ1) is 9.60. The third-order valence-corrected chi connectivity index (χ3v) is 3.28. The van der Waals surface area contributed by atoms with Crippen molar-refractivity contribution in [3.05, 3.63) is 53.1 Å². The van der Waals surface area contributed by atoms with Gasteiger partial charge in [-0.05, 0) is 38.5 Å². The lowest BCUT2D eigenvalue weighted by molar-refractivity contribution is 0.401. The molecule has 0 aliphatic rings. The highest BCUT2D eigenvalue weighted by molar-refractivity contribution is 5.39. The second kappa shape index (κ2) is 6.48. The first kappa shape index (κ1) is 14.5. The van der Waals surface area contributed by atoms with Gasteiger partial charge in [0.05, 0.1) is 12.8 Å². The molecule has 2 aromatic rings. The fourth-order valence-electron chi connectivity index (χ4n) is 2.15. The molecule has 0 fully saturated rings. The van der Waals surface area contributed by atoms with Gasteiger partial charge in [0.2, 0.25) is 0 Å². The zero-order chi connectivity index (χ0) is 14.5. The summed E-state index contributed by atoms with van der Waals surface area (Å²) in [6.07, 6.45) is 1.79. The maximum Gasteiger partial charge on any atom is 0.125 e. The molecule has 1 N–H and O–H groups in total. The van der Waals surface area contributed by atoms with Crippen molar-refractivity contribution in [1.29, 1.82) is 0 Å². The van der Waals surface area contributed by atoms with Crippen LogP contribution >= 0.6 is 0 Å². The molecule has 0 radical (unpaired) electrons. The van der Waals surface area contributed by atoms with Crippen LogP contribution in [0, 0.1) is 13.8 Å². The maximum atomic E-state index is 5.45. The lowest BCUT2D eigenvalue weighted by Gasteiger charge is -2.17. The maximum absolute atomic E-state index is 5.45. The van der Waals surface area contributed by atoms with Crippen LogP contribution in [0.4, 0.5) is 0 Å². The zero-order valence-corrected chi connectivity index (χ0v) is 12.5. The number of hydrogen-bond acceptors (Lipinski definition) is 4. The Labute approximate surface area is 120 Å². The van der Waals surface area contributed by atoms with E-state index < -0.39 is 0 Å². The Hall–Kier alpha value is -1.94. The number of nitrogens with one attached hydrogen (secondary N) is 1. The molecule has 1 atom stereocenters. The smallest absolute Gasteiger partial charge is 0.125 e. The number of benzene rings is 1. The highest BCUT2D eigenvalue weighted by Gasteiger charge is 2.11. The molecule has 0 aliphatic carbocycles. The van der Waals surface area contributed by atoms with Crippen LogP contribution in [-0.4, -0.2) is 17.1 Å². The first-order valence-corrected chi connectivity index (χ1v) is 6.76. The molecule has 0 amide bonds. The SMILES string of the molecule is COc1cc(C)ccc1C(C)NCc1ccnc(C)n1. The van der Waals surface area contributed by atoms with E-state index in [2.05, 4.69) is 47.3 Å². The number of rotatable bonds is 5. The second-order valence-corrected chi connectivity index (χ2v) is 4.94. The fraction of sp³-hybridized carbons (Fsp3) is 0.375. The van der Waals surface area contributed by atoms with Crippen molar-refractivity contribution in [2.75, 3.05) is 7.11 Å². The Morgan fingerprint density at radius 1 is 1.25 bits per heavy atom. The van der Waals surface area contributed by atoms with Crippen LogP contribution in [0.3, 0.4) is 0 Å². The Bertz CT molecular complexity index is 584. The van der Waals surface area contributed by atoms with Gasteiger partial charge in [0.25, 0.3) is 0 Å². The van der Waals surface area contributed by atoms with Crippen LogP contribution in [0.1, 0.15) is 35.6 Å². The van der Waals surface area contributed by atoms with Gasteiger partial charge < -0.3 is 10.1 Å². The third-order valence-electron chi connectivity index (χ3n) is 3.28. The summed E-state index contributed by atoms with van der Waals surface area (Å²) in [7, 11) is 1.71. The minimum Gasteiger partial charge on any atom is -0.496 e. The predicted molar refractivity (Wildman–Crippen MR) is 79.8 cm³/mol. The molecule has 0 spiro atoms. The van der Waals surface area contributed by atoms with Crippen molar-refractivity contribution in [1.82, 2.24) is 15.3 Å². The Kier molecular flexibility index (Phi) is 4.69. The van der Waals surface area contributed by atoms with E-state index in [0.717, 1.165) is 22.8 Å². The van der Waals surface area contributed by atoms with Gasteiger partial charge in [-0.15, -0.1) is 0 Å². The lowest BCUT2D eigenvalue weighted by atomic mass is 10.0. The molecule has 4 nitrogen and oxygen atoms in total. The van der Waals surface area contributed by atoms with Gasteiger partial charge in [-0.1, -0.05) is 12.1 Å². The number of aryl methyl sites for hydroxylation is 2. The fourth-order valence-corrected chi connectivity index (χ4v) is 2.15. The highest BCUT2D eigenvalue weighted by Crippen LogP contribution is 2.26. The van der Waals surface area contributed by atoms with Gasteiger partial charge in [0.15, 0.2) is 0 Å². The molecule has 1 unspecified atom stereocenters. The molecule has 4 heteroatoms. The summed E-state index contributed by atoms with van der Waals surface area (Å²) in [4.78, 5) is 8.49. The second-order valence-electron chi connectivity index (χ2n) is 4.94. The largest absolute Gasteiger partial charge is 0.496 e. The summed E-state index contributed by atoms with van der Waals surface area (Å²) in [6, 6.07) is 8.39. The molecule has 0 bridgehead atoms. The standard InChI is InChI=1S/C16H21N3O/c1-11-5-6-15(16(9-11)20-4)12(2)18-10-14-7-8-17-13(3)19-14/h5-9,12,18H,10H2,1-4H3. The highest BCUT2D eigenvalue weighted by atomic mass is 16.5. The van der Waals surface area contributed by atoms with Crippen molar-refractivity contribution in [3.8, 4) is 5.75 Å². The van der Waals surface area contributed by atoms with Crippen molar-refractivity contribution in [2.24, 2.45) is 0 Å². The topological polar surface area (TPSA) is 47.0 Å². The summed E-state index contributed by atoms with van der Waals surface area (Å²) in [6.45, 7) is 6.80. The first-order valence-electron chi connectivity index (χ1n) is 6.76. The average Bonchev–Trinajstić information content (AvgIpc) is 2.44. The van der Waals surface area contributed by atoms with Gasteiger partial charge in [-0.3, -0.25) is 0 Å². The van der Waals surface area contributed by atoms with Crippen molar-refractivity contribution >= 4 is 0 Å². The molecular weight excluding hydrogens is 250 g/mol. The van der Waals surface area contributed by atoms with Gasteiger partial charge in [-0.25, -0.2) is 9.97 Å². The van der Waals surface area contributed by atoms with E-state index in [1.807, 2.05) is 13.0 Å². The van der Waals surface area contributed by atoms with Crippen LogP contribution in [0.25, 0.3) is 0 Å². The molecule has 0 aliphatic heterocycles. The third kappa shape index (κ3) is 3.54. The summed E-state index contributed by atoms with van der Waals surface area (Å²) < 4.78 is 5.45. The lowest BCUT2D eigenvalue weighted by Crippen LogP contribution is -2.19. The number of hydrogen-bond donors (Lipinski definition) is 1. The average molecular weight is 271 g/mol. The summed E-state index contributed by atoms with van der Waals surface area (Å²) >= 11 is 0. The van der Waals surface area contributed by atoms with E-state index in [-0.39, 0.29) is 6.04 Å². The van der Waals surface area contributed by atoms with Crippen LogP contribution in [-0.2, 0) is 6.54 Å². The monoisotopic (exact) mass is 271 g/mol. The molecular formula is C16H21N3O. The minimum absolute atomic E-state index is 0.195.